The molecule has 0 aliphatic carbocycles. The molecule has 2 aromatic carbocycles. The van der Waals surface area contributed by atoms with Crippen LogP contribution in [-0.2, 0) is 22.5 Å². The number of halogens is 1. The number of nitrogens with zero attached hydrogens (tertiary/aromatic N) is 2. The summed E-state index contributed by atoms with van der Waals surface area (Å²) in [5.41, 5.74) is 0.880. The van der Waals surface area contributed by atoms with Crippen molar-refractivity contribution in [1.82, 2.24) is 9.80 Å². The van der Waals surface area contributed by atoms with Gasteiger partial charge in [0.1, 0.15) is 18.1 Å². The van der Waals surface area contributed by atoms with Crippen LogP contribution in [0.25, 0.3) is 0 Å². The summed E-state index contributed by atoms with van der Waals surface area (Å²) in [6, 6.07) is 14.9. The summed E-state index contributed by atoms with van der Waals surface area (Å²) in [6.45, 7) is 1.05. The van der Waals surface area contributed by atoms with E-state index in [1.54, 1.807) is 50.7 Å². The average molecular weight is 513 g/mol. The van der Waals surface area contributed by atoms with Crippen molar-refractivity contribution in [2.24, 2.45) is 0 Å². The third-order valence-electron chi connectivity index (χ3n) is 5.89. The summed E-state index contributed by atoms with van der Waals surface area (Å²) in [5.74, 6) is 0.390. The number of rotatable bonds is 14. The molecule has 0 N–H and O–H groups in total. The van der Waals surface area contributed by atoms with Gasteiger partial charge in [-0.3, -0.25) is 9.59 Å². The van der Waals surface area contributed by atoms with Gasteiger partial charge in [-0.05, 0) is 54.8 Å². The van der Waals surface area contributed by atoms with E-state index in [1.165, 1.54) is 23.1 Å². The molecular formula is C28H33FN2O6. The molecule has 3 aromatic rings. The maximum absolute atomic E-state index is 14.4. The summed E-state index contributed by atoms with van der Waals surface area (Å²) < 4.78 is 35.6. The van der Waals surface area contributed by atoms with Crippen LogP contribution in [0, 0.1) is 5.82 Å². The Kier molecular flexibility index (Phi) is 10.5. The van der Waals surface area contributed by atoms with Crippen molar-refractivity contribution >= 4 is 11.8 Å². The summed E-state index contributed by atoms with van der Waals surface area (Å²) >= 11 is 0. The van der Waals surface area contributed by atoms with E-state index in [1.807, 2.05) is 18.2 Å². The van der Waals surface area contributed by atoms with Crippen molar-refractivity contribution in [3.63, 3.8) is 0 Å². The molecule has 3 rings (SSSR count). The van der Waals surface area contributed by atoms with Crippen LogP contribution in [0.2, 0.25) is 0 Å². The van der Waals surface area contributed by atoms with Gasteiger partial charge < -0.3 is 28.4 Å². The van der Waals surface area contributed by atoms with Crippen LogP contribution in [-0.4, -0.2) is 69.2 Å². The standard InChI is InChI=1S/C28H33FN2O6/c1-34-16-7-14-31(28(33)23-9-4-5-10-24(23)29)20-27(32)30(19-22-8-6-17-37-22)15-13-21-11-12-25(35-2)26(18-21)36-3/h4-6,8-12,17-18H,7,13-16,19-20H2,1-3H3. The van der Waals surface area contributed by atoms with Crippen molar-refractivity contribution in [3.8, 4) is 11.5 Å². The van der Waals surface area contributed by atoms with Gasteiger partial charge >= 0.3 is 0 Å². The number of benzene rings is 2. The third kappa shape index (κ3) is 7.82. The monoisotopic (exact) mass is 512 g/mol. The molecule has 9 heteroatoms. The smallest absolute Gasteiger partial charge is 0.257 e. The van der Waals surface area contributed by atoms with E-state index in [0.717, 1.165) is 5.56 Å². The fraction of sp³-hybridized carbons (Fsp3) is 0.357. The second kappa shape index (κ2) is 14.0. The van der Waals surface area contributed by atoms with Crippen LogP contribution >= 0.6 is 0 Å². The summed E-state index contributed by atoms with van der Waals surface area (Å²) in [7, 11) is 4.70. The van der Waals surface area contributed by atoms with Gasteiger partial charge in [0.25, 0.3) is 5.91 Å². The normalized spacial score (nSPS) is 10.7. The maximum Gasteiger partial charge on any atom is 0.257 e. The molecule has 1 aromatic heterocycles. The zero-order chi connectivity index (χ0) is 26.6. The number of carbonyl (C=O) groups excluding carboxylic acids is 2. The van der Waals surface area contributed by atoms with Gasteiger partial charge in [0.05, 0.1) is 32.6 Å². The van der Waals surface area contributed by atoms with E-state index in [2.05, 4.69) is 0 Å². The van der Waals surface area contributed by atoms with Gasteiger partial charge in [-0.25, -0.2) is 4.39 Å². The molecule has 0 bridgehead atoms. The first-order chi connectivity index (χ1) is 18.0. The largest absolute Gasteiger partial charge is 0.493 e. The van der Waals surface area contributed by atoms with Crippen molar-refractivity contribution < 1.29 is 32.6 Å². The second-order valence-corrected chi connectivity index (χ2v) is 8.39. The Labute approximate surface area is 216 Å². The van der Waals surface area contributed by atoms with Gasteiger partial charge in [-0.2, -0.15) is 0 Å². The Morgan fingerprint density at radius 1 is 0.919 bits per heavy atom. The molecule has 8 nitrogen and oxygen atoms in total. The first-order valence-corrected chi connectivity index (χ1v) is 12.0. The molecule has 0 aliphatic heterocycles. The molecule has 0 radical (unpaired) electrons. The van der Waals surface area contributed by atoms with E-state index in [-0.39, 0.29) is 31.1 Å². The first kappa shape index (κ1) is 27.7. The van der Waals surface area contributed by atoms with Gasteiger partial charge in [0.2, 0.25) is 5.91 Å². The lowest BCUT2D eigenvalue weighted by Gasteiger charge is -2.27. The van der Waals surface area contributed by atoms with E-state index in [0.29, 0.717) is 43.3 Å². The quantitative estimate of drug-likeness (QED) is 0.302. The highest BCUT2D eigenvalue weighted by Crippen LogP contribution is 2.28. The molecule has 0 atom stereocenters. The third-order valence-corrected chi connectivity index (χ3v) is 5.89. The SMILES string of the molecule is COCCCN(CC(=O)N(CCc1ccc(OC)c(OC)c1)Cc1ccco1)C(=O)c1ccccc1F. The van der Waals surface area contributed by atoms with Crippen molar-refractivity contribution in [2.75, 3.05) is 47.6 Å². The Morgan fingerprint density at radius 3 is 2.38 bits per heavy atom. The Bertz CT molecular complexity index is 1150. The summed E-state index contributed by atoms with van der Waals surface area (Å²) in [6.07, 6.45) is 2.59. The number of carbonyl (C=O) groups is 2. The Hall–Kier alpha value is -3.85. The fourth-order valence-corrected chi connectivity index (χ4v) is 3.90. The maximum atomic E-state index is 14.4. The molecule has 0 aliphatic rings. The van der Waals surface area contributed by atoms with E-state index in [4.69, 9.17) is 18.6 Å². The summed E-state index contributed by atoms with van der Waals surface area (Å²) in [5, 5.41) is 0. The molecule has 1 heterocycles. The molecule has 0 fully saturated rings. The number of methoxy groups -OCH3 is 3. The minimum Gasteiger partial charge on any atom is -0.493 e. The number of hydrogen-bond acceptors (Lipinski definition) is 6. The lowest BCUT2D eigenvalue weighted by Crippen LogP contribution is -2.44. The second-order valence-electron chi connectivity index (χ2n) is 8.39. The highest BCUT2D eigenvalue weighted by molar-refractivity contribution is 5.96. The molecule has 198 valence electrons. The van der Waals surface area contributed by atoms with Gasteiger partial charge in [-0.15, -0.1) is 0 Å². The number of ether oxygens (including phenoxy) is 3. The molecule has 0 saturated heterocycles. The van der Waals surface area contributed by atoms with Crippen molar-refractivity contribution in [3.05, 3.63) is 83.6 Å². The molecule has 0 spiro atoms. The topological polar surface area (TPSA) is 81.5 Å². The van der Waals surface area contributed by atoms with E-state index >= 15 is 0 Å². The van der Waals surface area contributed by atoms with E-state index < -0.39 is 11.7 Å². The number of furan rings is 1. The summed E-state index contributed by atoms with van der Waals surface area (Å²) in [4.78, 5) is 29.7. The zero-order valence-electron chi connectivity index (χ0n) is 21.4. The molecular weight excluding hydrogens is 479 g/mol. The lowest BCUT2D eigenvalue weighted by atomic mass is 10.1. The number of hydrogen-bond donors (Lipinski definition) is 0. The van der Waals surface area contributed by atoms with Gasteiger partial charge in [0, 0.05) is 26.8 Å². The highest BCUT2D eigenvalue weighted by atomic mass is 19.1. The predicted molar refractivity (Wildman–Crippen MR) is 136 cm³/mol. The van der Waals surface area contributed by atoms with Crippen LogP contribution in [0.5, 0.6) is 11.5 Å². The minimum absolute atomic E-state index is 0.0735. The lowest BCUT2D eigenvalue weighted by molar-refractivity contribution is -0.132. The van der Waals surface area contributed by atoms with E-state index in [9.17, 15) is 14.0 Å². The average Bonchev–Trinajstić information content (AvgIpc) is 3.43. The van der Waals surface area contributed by atoms with Crippen LogP contribution in [0.1, 0.15) is 28.1 Å². The predicted octanol–water partition coefficient (Wildman–Crippen LogP) is 4.19. The highest BCUT2D eigenvalue weighted by Gasteiger charge is 2.24. The van der Waals surface area contributed by atoms with Crippen LogP contribution in [0.15, 0.2) is 65.3 Å². The van der Waals surface area contributed by atoms with Crippen LogP contribution in [0.3, 0.4) is 0 Å². The Morgan fingerprint density at radius 2 is 1.70 bits per heavy atom. The molecule has 2 amide bonds. The molecule has 37 heavy (non-hydrogen) atoms. The molecule has 0 saturated carbocycles. The van der Waals surface area contributed by atoms with Crippen LogP contribution in [0.4, 0.5) is 4.39 Å². The fourth-order valence-electron chi connectivity index (χ4n) is 3.90. The van der Waals surface area contributed by atoms with Crippen LogP contribution < -0.4 is 9.47 Å². The van der Waals surface area contributed by atoms with Crippen molar-refractivity contribution in [2.45, 2.75) is 19.4 Å². The minimum atomic E-state index is -0.627. The van der Waals surface area contributed by atoms with Crippen molar-refractivity contribution in [1.29, 1.82) is 0 Å². The van der Waals surface area contributed by atoms with Gasteiger partial charge in [0.15, 0.2) is 11.5 Å². The number of amides is 2. The zero-order valence-corrected chi connectivity index (χ0v) is 21.4. The Balaban J connectivity index is 1.78. The van der Waals surface area contributed by atoms with Gasteiger partial charge in [-0.1, -0.05) is 18.2 Å². The first-order valence-electron chi connectivity index (χ1n) is 12.0. The molecule has 0 unspecified atom stereocenters.